The van der Waals surface area contributed by atoms with Crippen LogP contribution in [0.25, 0.3) is 33.7 Å². The number of nitrogen functional groups attached to an aromatic ring is 1. The Morgan fingerprint density at radius 1 is 0.879 bits per heavy atom. The first-order valence-electron chi connectivity index (χ1n) is 19.0. The van der Waals surface area contributed by atoms with Crippen molar-refractivity contribution in [1.82, 2.24) is 39.0 Å². The summed E-state index contributed by atoms with van der Waals surface area (Å²) < 4.78 is 19.2. The minimum absolute atomic E-state index is 0.217. The van der Waals surface area contributed by atoms with Gasteiger partial charge in [0.1, 0.15) is 29.0 Å². The second-order valence-electron chi connectivity index (χ2n) is 13.7. The van der Waals surface area contributed by atoms with Crippen molar-refractivity contribution in [1.29, 1.82) is 0 Å². The van der Waals surface area contributed by atoms with E-state index in [1.807, 2.05) is 66.8 Å². The van der Waals surface area contributed by atoms with Crippen LogP contribution in [0.15, 0.2) is 48.6 Å². The second kappa shape index (κ2) is 17.5. The number of hydrogen-bond acceptors (Lipinski definition) is 11. The number of aromatic nitrogens is 7. The minimum Gasteiger partial charge on any atom is -0.495 e. The molecular weight excluding hydrogens is 741 g/mol. The Bertz CT molecular complexity index is 2570. The van der Waals surface area contributed by atoms with Crippen LogP contribution in [0.2, 0.25) is 0 Å². The van der Waals surface area contributed by atoms with Gasteiger partial charge in [0.15, 0.2) is 0 Å². The SMILES string of the molecule is CCn1nc(C)cc1C(=O)Nc1nc2cc(C(N)=O)cc(OCCCNC)c2n1C/C=C/Cn1c(/C=C(\N)c2cc(C)nn2CC)c(N)c2cc(C=O)cc(OC)c21. The number of carbonyl (C=O) groups excluding carboxylic acids is 3. The molecule has 0 unspecified atom stereocenters. The summed E-state index contributed by atoms with van der Waals surface area (Å²) in [5, 5.41) is 15.7. The summed E-state index contributed by atoms with van der Waals surface area (Å²) >= 11 is 0. The average Bonchev–Trinajstić information content (AvgIpc) is 3.96. The monoisotopic (exact) mass is 790 g/mol. The van der Waals surface area contributed by atoms with E-state index in [4.69, 9.17) is 31.7 Å². The van der Waals surface area contributed by atoms with E-state index in [1.165, 1.54) is 7.11 Å². The largest absolute Gasteiger partial charge is 0.495 e. The van der Waals surface area contributed by atoms with Crippen molar-refractivity contribution in [3.05, 3.63) is 88.1 Å². The number of nitrogens with zero attached hydrogens (tertiary/aromatic N) is 7. The van der Waals surface area contributed by atoms with Crippen LogP contribution in [-0.4, -0.2) is 79.1 Å². The Labute approximate surface area is 335 Å². The van der Waals surface area contributed by atoms with Gasteiger partial charge in [-0.3, -0.25) is 29.1 Å². The molecule has 17 nitrogen and oxygen atoms in total. The highest BCUT2D eigenvalue weighted by molar-refractivity contribution is 6.05. The van der Waals surface area contributed by atoms with Crippen LogP contribution >= 0.6 is 0 Å². The standard InChI is InChI=1S/C41H50N12O5/c1-7-52-31(16-24(3)48-52)29(42)22-32-36(43)28-18-26(23-54)19-34(57-6)37(28)50(32)13-9-10-14-51-38-30(20-27(39(44)55)21-35(38)58-15-11-12-45-5)46-41(51)47-40(56)33-17-25(4)49-53(33)8-2/h9-10,16-23,45H,7-8,11-15,42-43H2,1-6H3,(H2,44,55)(H,46,47,56)/b10-9+,29-22-. The highest BCUT2D eigenvalue weighted by atomic mass is 16.5. The molecule has 0 saturated heterocycles. The summed E-state index contributed by atoms with van der Waals surface area (Å²) in [5.41, 5.74) is 25.7. The second-order valence-corrected chi connectivity index (χ2v) is 13.7. The van der Waals surface area contributed by atoms with Crippen molar-refractivity contribution in [3.8, 4) is 11.5 Å². The number of amides is 2. The van der Waals surface area contributed by atoms with Crippen LogP contribution < -0.4 is 37.3 Å². The van der Waals surface area contributed by atoms with Gasteiger partial charge in [-0.1, -0.05) is 12.2 Å². The van der Waals surface area contributed by atoms with E-state index in [9.17, 15) is 14.4 Å². The van der Waals surface area contributed by atoms with Gasteiger partial charge in [-0.2, -0.15) is 10.2 Å². The maximum atomic E-state index is 13.7. The van der Waals surface area contributed by atoms with Crippen molar-refractivity contribution < 1.29 is 23.9 Å². The number of carbonyl (C=O) groups is 3. The van der Waals surface area contributed by atoms with Crippen molar-refractivity contribution >= 4 is 63.4 Å². The predicted molar refractivity (Wildman–Crippen MR) is 225 cm³/mol. The maximum Gasteiger partial charge on any atom is 0.276 e. The topological polar surface area (TPSA) is 230 Å². The first kappa shape index (κ1) is 40.8. The number of aldehydes is 1. The summed E-state index contributed by atoms with van der Waals surface area (Å²) in [5.74, 6) is 0.0376. The van der Waals surface area contributed by atoms with E-state index in [-0.39, 0.29) is 18.1 Å². The number of hydrogen-bond donors (Lipinski definition) is 5. The molecule has 17 heteroatoms. The molecular formula is C41H50N12O5. The highest BCUT2D eigenvalue weighted by Crippen LogP contribution is 2.38. The lowest BCUT2D eigenvalue weighted by Crippen LogP contribution is -2.20. The molecule has 6 rings (SSSR count). The first-order chi connectivity index (χ1) is 27.9. The number of allylic oxidation sites excluding steroid dienone is 2. The van der Waals surface area contributed by atoms with E-state index >= 15 is 0 Å². The van der Waals surface area contributed by atoms with Crippen molar-refractivity contribution in [2.24, 2.45) is 11.5 Å². The number of rotatable bonds is 18. The summed E-state index contributed by atoms with van der Waals surface area (Å²) in [7, 11) is 3.39. The molecule has 58 heavy (non-hydrogen) atoms. The number of fused-ring (bicyclic) bond motifs is 2. The average molecular weight is 791 g/mol. The third kappa shape index (κ3) is 8.15. The third-order valence-corrected chi connectivity index (χ3v) is 9.69. The lowest BCUT2D eigenvalue weighted by atomic mass is 10.1. The van der Waals surface area contributed by atoms with Gasteiger partial charge in [-0.05, 0) is 90.2 Å². The van der Waals surface area contributed by atoms with E-state index < -0.39 is 11.8 Å². The molecule has 4 heterocycles. The minimum atomic E-state index is -0.641. The molecule has 0 atom stereocenters. The summed E-state index contributed by atoms with van der Waals surface area (Å²) in [6.07, 6.45) is 7.12. The van der Waals surface area contributed by atoms with Crippen LogP contribution in [0.4, 0.5) is 11.6 Å². The number of nitrogens with one attached hydrogen (secondary N) is 2. The number of nitrogens with two attached hydrogens (primary N) is 3. The zero-order chi connectivity index (χ0) is 41.7. The molecule has 0 saturated carbocycles. The lowest BCUT2D eigenvalue weighted by Gasteiger charge is -2.13. The van der Waals surface area contributed by atoms with Crippen molar-refractivity contribution in [3.63, 3.8) is 0 Å². The van der Waals surface area contributed by atoms with Crippen LogP contribution in [0, 0.1) is 13.8 Å². The van der Waals surface area contributed by atoms with E-state index in [0.29, 0.717) is 100 Å². The molecule has 8 N–H and O–H groups in total. The highest BCUT2D eigenvalue weighted by Gasteiger charge is 2.23. The zero-order valence-electron chi connectivity index (χ0n) is 33.6. The zero-order valence-corrected chi connectivity index (χ0v) is 33.6. The van der Waals surface area contributed by atoms with Gasteiger partial charge in [-0.15, -0.1) is 0 Å². The lowest BCUT2D eigenvalue weighted by molar-refractivity contribution is 0.0995. The van der Waals surface area contributed by atoms with Crippen LogP contribution in [0.5, 0.6) is 11.5 Å². The molecule has 2 aromatic carbocycles. The summed E-state index contributed by atoms with van der Waals surface area (Å²) in [6.45, 7) is 10.3. The number of ether oxygens (including phenoxy) is 2. The molecule has 0 radical (unpaired) electrons. The van der Waals surface area contributed by atoms with Gasteiger partial charge >= 0.3 is 0 Å². The molecule has 0 aliphatic carbocycles. The van der Waals surface area contributed by atoms with Gasteiger partial charge in [0.2, 0.25) is 11.9 Å². The quantitative estimate of drug-likeness (QED) is 0.0463. The van der Waals surface area contributed by atoms with Gasteiger partial charge < -0.3 is 41.1 Å². The predicted octanol–water partition coefficient (Wildman–Crippen LogP) is 4.50. The molecule has 0 fully saturated rings. The smallest absolute Gasteiger partial charge is 0.276 e. The van der Waals surface area contributed by atoms with Crippen LogP contribution in [-0.2, 0) is 26.2 Å². The fourth-order valence-electron chi connectivity index (χ4n) is 7.01. The summed E-state index contributed by atoms with van der Waals surface area (Å²) in [6, 6.07) is 10.2. The molecule has 304 valence electrons. The fourth-order valence-corrected chi connectivity index (χ4v) is 7.01. The Hall–Kier alpha value is -6.88. The normalized spacial score (nSPS) is 11.9. The number of aryl methyl sites for hydroxylation is 4. The number of primary amides is 1. The van der Waals surface area contributed by atoms with E-state index in [2.05, 4.69) is 20.8 Å². The van der Waals surface area contributed by atoms with E-state index in [0.717, 1.165) is 24.2 Å². The number of imidazole rings is 1. The van der Waals surface area contributed by atoms with Crippen molar-refractivity contribution in [2.75, 3.05) is 38.4 Å². The Morgan fingerprint density at radius 3 is 2.19 bits per heavy atom. The molecule has 6 aromatic rings. The first-order valence-corrected chi connectivity index (χ1v) is 19.0. The number of benzene rings is 2. The Balaban J connectivity index is 1.45. The molecule has 2 amide bonds. The maximum absolute atomic E-state index is 13.7. The van der Waals surface area contributed by atoms with Gasteiger partial charge in [-0.25, -0.2) is 4.98 Å². The van der Waals surface area contributed by atoms with Crippen LogP contribution in [0.1, 0.15) is 74.2 Å². The van der Waals surface area contributed by atoms with Gasteiger partial charge in [0.25, 0.3) is 5.91 Å². The molecule has 0 spiro atoms. The third-order valence-electron chi connectivity index (χ3n) is 9.69. The fraction of sp³-hybridized carbons (Fsp3) is 0.317. The van der Waals surface area contributed by atoms with Crippen molar-refractivity contribution in [2.45, 2.75) is 60.3 Å². The van der Waals surface area contributed by atoms with Gasteiger partial charge in [0.05, 0.1) is 58.9 Å². The molecule has 0 bridgehead atoms. The number of anilines is 2. The molecule has 4 aromatic heterocycles. The molecule has 0 aliphatic rings. The number of methoxy groups -OCH3 is 1. The molecule has 0 aliphatic heterocycles. The van der Waals surface area contributed by atoms with Gasteiger partial charge in [0, 0.05) is 42.7 Å². The Kier molecular flexibility index (Phi) is 12.3. The Morgan fingerprint density at radius 2 is 1.55 bits per heavy atom. The van der Waals surface area contributed by atoms with Crippen LogP contribution in [0.3, 0.4) is 0 Å². The van der Waals surface area contributed by atoms with E-state index in [1.54, 1.807) is 41.1 Å². The summed E-state index contributed by atoms with van der Waals surface area (Å²) in [4.78, 5) is 42.8.